The second kappa shape index (κ2) is 7.06. The number of hydrogen-bond donors (Lipinski definition) is 0. The molecule has 0 aromatic carbocycles. The fourth-order valence-corrected chi connectivity index (χ4v) is 0.854. The molecule has 0 amide bonds. The first kappa shape index (κ1) is 8.06. The predicted molar refractivity (Wildman–Crippen MR) is 42.0 cm³/mol. The molecule has 0 aliphatic rings. The third-order valence-electron chi connectivity index (χ3n) is 1.46. The Labute approximate surface area is 53.9 Å². The molecule has 0 aromatic heterocycles. The third-order valence-corrected chi connectivity index (χ3v) is 1.46. The molecule has 0 bridgehead atoms. The minimum Gasteiger partial charge on any atom is -0.0777 e. The summed E-state index contributed by atoms with van der Waals surface area (Å²) < 4.78 is 0. The van der Waals surface area contributed by atoms with Gasteiger partial charge >= 0.3 is 0 Å². The number of unbranched alkanes of at least 4 members (excludes halogenated alkanes) is 1. The molecule has 0 nitrogen and oxygen atoms in total. The summed E-state index contributed by atoms with van der Waals surface area (Å²) in [7, 11) is 1.45. The Kier molecular flexibility index (Phi) is 7.12. The van der Waals surface area contributed by atoms with Gasteiger partial charge in [0.15, 0.2) is 0 Å². The number of rotatable bonds is 5. The molecular weight excluding hydrogens is 94.9 g/mol. The van der Waals surface area contributed by atoms with Crippen molar-refractivity contribution in [2.45, 2.75) is 45.8 Å². The first-order valence-corrected chi connectivity index (χ1v) is 3.91. The Morgan fingerprint density at radius 3 is 2.25 bits per heavy atom. The normalized spacial score (nSPS) is 9.25. The highest BCUT2D eigenvalue weighted by atomic mass is 13.7. The van der Waals surface area contributed by atoms with Crippen LogP contribution in [0.2, 0.25) is 12.6 Å². The summed E-state index contributed by atoms with van der Waals surface area (Å²) in [5.41, 5.74) is 0. The maximum absolute atomic E-state index is 2.26. The zero-order valence-corrected chi connectivity index (χ0v) is 6.24. The molecule has 0 atom stereocenters. The van der Waals surface area contributed by atoms with Crippen molar-refractivity contribution in [1.82, 2.24) is 0 Å². The minimum atomic E-state index is 1.36. The lowest BCUT2D eigenvalue weighted by Gasteiger charge is -1.91. The van der Waals surface area contributed by atoms with Crippen molar-refractivity contribution in [3.05, 3.63) is 0 Å². The van der Waals surface area contributed by atoms with Crippen molar-refractivity contribution >= 4 is 7.28 Å². The standard InChI is InChI=1S/C7H17B/c1-3-5-7-8-6-4-2/h8H,3-7H2,1-2H3. The molecule has 8 heavy (non-hydrogen) atoms. The molecule has 0 aromatic rings. The van der Waals surface area contributed by atoms with Gasteiger partial charge in [-0.25, -0.2) is 0 Å². The van der Waals surface area contributed by atoms with Crippen molar-refractivity contribution in [3.63, 3.8) is 0 Å². The molecule has 0 heterocycles. The van der Waals surface area contributed by atoms with Crippen LogP contribution in [-0.4, -0.2) is 7.28 Å². The van der Waals surface area contributed by atoms with Crippen LogP contribution in [0.4, 0.5) is 0 Å². The van der Waals surface area contributed by atoms with Gasteiger partial charge in [-0.2, -0.15) is 0 Å². The highest BCUT2D eigenvalue weighted by Crippen LogP contribution is 1.97. The summed E-state index contributed by atoms with van der Waals surface area (Å²) in [4.78, 5) is 0. The summed E-state index contributed by atoms with van der Waals surface area (Å²) >= 11 is 0. The van der Waals surface area contributed by atoms with E-state index < -0.39 is 0 Å². The molecule has 0 fully saturated rings. The van der Waals surface area contributed by atoms with E-state index in [1.807, 2.05) is 0 Å². The first-order chi connectivity index (χ1) is 3.91. The smallest absolute Gasteiger partial charge is 0.0777 e. The highest BCUT2D eigenvalue weighted by Gasteiger charge is 1.86. The average Bonchev–Trinajstić information content (AvgIpc) is 1.81. The van der Waals surface area contributed by atoms with Gasteiger partial charge in [0.1, 0.15) is 7.28 Å². The van der Waals surface area contributed by atoms with Crippen LogP contribution in [0.3, 0.4) is 0 Å². The largest absolute Gasteiger partial charge is 0.120 e. The van der Waals surface area contributed by atoms with Crippen LogP contribution in [0.1, 0.15) is 33.1 Å². The van der Waals surface area contributed by atoms with Gasteiger partial charge in [0.2, 0.25) is 0 Å². The van der Waals surface area contributed by atoms with Gasteiger partial charge in [-0.1, -0.05) is 45.8 Å². The van der Waals surface area contributed by atoms with Crippen LogP contribution in [-0.2, 0) is 0 Å². The lowest BCUT2D eigenvalue weighted by Crippen LogP contribution is -1.85. The summed E-state index contributed by atoms with van der Waals surface area (Å²) in [6.07, 6.45) is 7.04. The van der Waals surface area contributed by atoms with Gasteiger partial charge in [-0.05, 0) is 0 Å². The van der Waals surface area contributed by atoms with Crippen LogP contribution in [0.15, 0.2) is 0 Å². The van der Waals surface area contributed by atoms with Crippen molar-refractivity contribution in [2.75, 3.05) is 0 Å². The fraction of sp³-hybridized carbons (Fsp3) is 1.00. The summed E-state index contributed by atoms with van der Waals surface area (Å²) in [5.74, 6) is 0. The SMILES string of the molecule is CCCBCCCC. The van der Waals surface area contributed by atoms with E-state index in [0.29, 0.717) is 0 Å². The van der Waals surface area contributed by atoms with Crippen LogP contribution in [0, 0.1) is 0 Å². The van der Waals surface area contributed by atoms with E-state index in [0.717, 1.165) is 0 Å². The Morgan fingerprint density at radius 1 is 1.00 bits per heavy atom. The second-order valence-electron chi connectivity index (χ2n) is 2.41. The maximum Gasteiger partial charge on any atom is 0.120 e. The lowest BCUT2D eigenvalue weighted by molar-refractivity contribution is 0.874. The predicted octanol–water partition coefficient (Wildman–Crippen LogP) is 2.47. The van der Waals surface area contributed by atoms with Crippen LogP contribution in [0.5, 0.6) is 0 Å². The van der Waals surface area contributed by atoms with Crippen molar-refractivity contribution < 1.29 is 0 Å². The topological polar surface area (TPSA) is 0 Å². The van der Waals surface area contributed by atoms with E-state index in [4.69, 9.17) is 0 Å². The average molecular weight is 112 g/mol. The third kappa shape index (κ3) is 6.06. The zero-order chi connectivity index (χ0) is 6.24. The van der Waals surface area contributed by atoms with Crippen molar-refractivity contribution in [2.24, 2.45) is 0 Å². The van der Waals surface area contributed by atoms with Crippen LogP contribution < -0.4 is 0 Å². The van der Waals surface area contributed by atoms with Gasteiger partial charge in [0.25, 0.3) is 0 Å². The molecule has 1 heteroatoms. The van der Waals surface area contributed by atoms with Crippen molar-refractivity contribution in [1.29, 1.82) is 0 Å². The van der Waals surface area contributed by atoms with Crippen molar-refractivity contribution in [3.8, 4) is 0 Å². The van der Waals surface area contributed by atoms with Gasteiger partial charge in [-0.15, -0.1) is 0 Å². The monoisotopic (exact) mass is 112 g/mol. The van der Waals surface area contributed by atoms with Gasteiger partial charge in [-0.3, -0.25) is 0 Å². The summed E-state index contributed by atoms with van der Waals surface area (Å²) in [6, 6.07) is 0. The van der Waals surface area contributed by atoms with Gasteiger partial charge in [0, 0.05) is 0 Å². The first-order valence-electron chi connectivity index (χ1n) is 3.91. The van der Waals surface area contributed by atoms with Crippen LogP contribution >= 0.6 is 0 Å². The molecule has 0 saturated heterocycles. The minimum absolute atomic E-state index is 1.36. The Bertz CT molecular complexity index is 29.4. The molecule has 48 valence electrons. The van der Waals surface area contributed by atoms with E-state index in [-0.39, 0.29) is 0 Å². The summed E-state index contributed by atoms with van der Waals surface area (Å²) in [6.45, 7) is 4.51. The Balaban J connectivity index is 2.53. The summed E-state index contributed by atoms with van der Waals surface area (Å²) in [5, 5.41) is 0. The molecule has 0 aliphatic carbocycles. The molecule has 0 rings (SSSR count). The highest BCUT2D eigenvalue weighted by molar-refractivity contribution is 6.35. The van der Waals surface area contributed by atoms with E-state index in [1.54, 1.807) is 0 Å². The van der Waals surface area contributed by atoms with E-state index >= 15 is 0 Å². The van der Waals surface area contributed by atoms with E-state index in [2.05, 4.69) is 13.8 Å². The molecule has 0 unspecified atom stereocenters. The van der Waals surface area contributed by atoms with E-state index in [1.165, 1.54) is 39.2 Å². The van der Waals surface area contributed by atoms with Gasteiger partial charge < -0.3 is 0 Å². The zero-order valence-electron chi connectivity index (χ0n) is 6.24. The maximum atomic E-state index is 2.26. The fourth-order valence-electron chi connectivity index (χ4n) is 0.854. The molecule has 0 N–H and O–H groups in total. The molecule has 0 spiro atoms. The molecular formula is C7H17B. The second-order valence-corrected chi connectivity index (χ2v) is 2.41. The molecule has 0 radical (unpaired) electrons. The van der Waals surface area contributed by atoms with Crippen LogP contribution in [0.25, 0.3) is 0 Å². The van der Waals surface area contributed by atoms with Gasteiger partial charge in [0.05, 0.1) is 0 Å². The lowest BCUT2D eigenvalue weighted by atomic mass is 9.69. The Morgan fingerprint density at radius 2 is 1.75 bits per heavy atom. The quantitative estimate of drug-likeness (QED) is 0.378. The molecule has 0 saturated carbocycles. The number of hydrogen-bond acceptors (Lipinski definition) is 0. The molecule has 0 aliphatic heterocycles. The van der Waals surface area contributed by atoms with E-state index in [9.17, 15) is 0 Å². The Hall–Kier alpha value is 0.0649.